The van der Waals surface area contributed by atoms with Gasteiger partial charge in [-0.25, -0.2) is 4.98 Å². The molecule has 5 heteroatoms. The molecule has 0 saturated heterocycles. The number of furan rings is 1. The van der Waals surface area contributed by atoms with Gasteiger partial charge in [0.15, 0.2) is 0 Å². The number of pyridine rings is 3. The Morgan fingerprint density at radius 2 is 0.924 bits per heavy atom. The van der Waals surface area contributed by atoms with Crippen LogP contribution in [0.5, 0.6) is 0 Å². The summed E-state index contributed by atoms with van der Waals surface area (Å²) in [5.74, 6) is 0. The highest BCUT2D eigenvalue weighted by Crippen LogP contribution is 2.44. The maximum Gasteiger partial charge on any atom is 0.141 e. The van der Waals surface area contributed by atoms with Crippen LogP contribution in [0.15, 0.2) is 223 Å². The van der Waals surface area contributed by atoms with Crippen molar-refractivity contribution in [2.45, 2.75) is 0 Å². The van der Waals surface area contributed by atoms with Crippen molar-refractivity contribution in [3.8, 4) is 50.5 Å². The van der Waals surface area contributed by atoms with Crippen LogP contribution < -0.4 is 0 Å². The van der Waals surface area contributed by atoms with E-state index in [-0.39, 0.29) is 0 Å². The Balaban J connectivity index is 1.10. The molecule has 306 valence electrons. The highest BCUT2D eigenvalue weighted by molar-refractivity contribution is 6.29. The molecule has 5 nitrogen and oxygen atoms in total. The van der Waals surface area contributed by atoms with Crippen LogP contribution in [-0.4, -0.2) is 19.5 Å². The molecule has 0 amide bonds. The lowest BCUT2D eigenvalue weighted by Crippen LogP contribution is -1.99. The highest BCUT2D eigenvalue weighted by Gasteiger charge is 2.21. The smallest absolute Gasteiger partial charge is 0.141 e. The van der Waals surface area contributed by atoms with Crippen LogP contribution >= 0.6 is 0 Å². The third-order valence-electron chi connectivity index (χ3n) is 13.5. The molecule has 14 aromatic rings. The molecule has 0 aliphatic heterocycles. The second kappa shape index (κ2) is 14.3. The van der Waals surface area contributed by atoms with Gasteiger partial charge in [-0.05, 0) is 110 Å². The molecule has 0 N–H and O–H groups in total. The van der Waals surface area contributed by atoms with Gasteiger partial charge in [0.25, 0.3) is 0 Å². The van der Waals surface area contributed by atoms with Crippen molar-refractivity contribution in [2.24, 2.45) is 0 Å². The molecule has 0 saturated carbocycles. The van der Waals surface area contributed by atoms with Crippen molar-refractivity contribution in [1.29, 1.82) is 0 Å². The number of benzene rings is 9. The fraction of sp³-hybridized carbons (Fsp3) is 0. The first kappa shape index (κ1) is 36.5. The molecule has 14 rings (SSSR count). The monoisotopic (exact) mass is 840 g/mol. The minimum Gasteiger partial charge on any atom is -0.464 e. The van der Waals surface area contributed by atoms with E-state index in [0.717, 1.165) is 83.1 Å². The summed E-state index contributed by atoms with van der Waals surface area (Å²) in [4.78, 5) is 15.3. The van der Waals surface area contributed by atoms with E-state index in [1.807, 2.05) is 30.6 Å². The largest absolute Gasteiger partial charge is 0.464 e. The first-order valence-corrected chi connectivity index (χ1v) is 22.3. The molecule has 5 heterocycles. The average molecular weight is 841 g/mol. The Hall–Kier alpha value is -8.93. The summed E-state index contributed by atoms with van der Waals surface area (Å²) >= 11 is 0. The van der Waals surface area contributed by atoms with Crippen molar-refractivity contribution in [3.05, 3.63) is 219 Å². The zero-order chi connectivity index (χ0) is 43.3. The number of hydrogen-bond donors (Lipinski definition) is 0. The second-order valence-electron chi connectivity index (χ2n) is 17.2. The lowest BCUT2D eigenvalue weighted by atomic mass is 9.91. The van der Waals surface area contributed by atoms with Gasteiger partial charge in [0, 0.05) is 56.0 Å². The Morgan fingerprint density at radius 1 is 0.348 bits per heavy atom. The minimum atomic E-state index is 0.840. The van der Waals surface area contributed by atoms with Crippen molar-refractivity contribution in [1.82, 2.24) is 19.5 Å². The van der Waals surface area contributed by atoms with Crippen molar-refractivity contribution in [3.63, 3.8) is 0 Å². The maximum absolute atomic E-state index is 6.04. The molecule has 9 aromatic carbocycles. The van der Waals surface area contributed by atoms with Crippen LogP contribution in [0.25, 0.3) is 137 Å². The fourth-order valence-electron chi connectivity index (χ4n) is 10.5. The van der Waals surface area contributed by atoms with Crippen LogP contribution in [0, 0.1) is 0 Å². The molecule has 0 bridgehead atoms. The van der Waals surface area contributed by atoms with Crippen LogP contribution in [0.4, 0.5) is 0 Å². The van der Waals surface area contributed by atoms with Crippen molar-refractivity contribution in [2.75, 3.05) is 0 Å². The molecule has 66 heavy (non-hydrogen) atoms. The van der Waals surface area contributed by atoms with Gasteiger partial charge in [0.2, 0.25) is 0 Å². The summed E-state index contributed by atoms with van der Waals surface area (Å²) in [6, 6.07) is 71.9. The summed E-state index contributed by atoms with van der Waals surface area (Å²) in [7, 11) is 0. The molecule has 5 aromatic heterocycles. The first-order chi connectivity index (χ1) is 32.7. The second-order valence-corrected chi connectivity index (χ2v) is 17.2. The molecule has 0 unspecified atom stereocenters. The number of aromatic nitrogens is 4. The number of hydrogen-bond acceptors (Lipinski definition) is 4. The van der Waals surface area contributed by atoms with E-state index < -0.39 is 0 Å². The van der Waals surface area contributed by atoms with Gasteiger partial charge in [-0.2, -0.15) is 0 Å². The number of rotatable bonds is 5. The van der Waals surface area contributed by atoms with Gasteiger partial charge >= 0.3 is 0 Å². The topological polar surface area (TPSA) is 56.7 Å². The lowest BCUT2D eigenvalue weighted by Gasteiger charge is -2.16. The standard InChI is InChI=1S/C61H36N4O/c1-2-11-37(12-3-1)41-24-26-57-53(31-41)54-35-51-46-19-5-4-18-45(46)50-32-42(44-20-8-15-40-27-30-66-61(40)44)23-25-47(50)52(51)36-58(54)65(57)43-33-55(48-21-6-13-38-16-9-28-62-59(38)48)64-56(34-43)49-22-7-14-39-17-10-29-63-60(39)49/h1-36H. The van der Waals surface area contributed by atoms with Crippen molar-refractivity contribution < 1.29 is 4.42 Å². The minimum absolute atomic E-state index is 0.840. The van der Waals surface area contributed by atoms with Crippen LogP contribution in [0.2, 0.25) is 0 Å². The van der Waals surface area contributed by atoms with E-state index in [1.54, 1.807) is 6.26 Å². The first-order valence-electron chi connectivity index (χ1n) is 22.3. The third kappa shape index (κ3) is 5.57. The fourth-order valence-corrected chi connectivity index (χ4v) is 10.5. The summed E-state index contributed by atoms with van der Waals surface area (Å²) in [5.41, 5.74) is 14.1. The van der Waals surface area contributed by atoms with Gasteiger partial charge in [-0.3, -0.25) is 9.97 Å². The highest BCUT2D eigenvalue weighted by atomic mass is 16.3. The van der Waals surface area contributed by atoms with Crippen LogP contribution in [-0.2, 0) is 0 Å². The Bertz CT molecular complexity index is 4190. The molecular weight excluding hydrogens is 805 g/mol. The van der Waals surface area contributed by atoms with E-state index in [2.05, 4.69) is 187 Å². The van der Waals surface area contributed by atoms with Gasteiger partial charge in [0.1, 0.15) is 5.58 Å². The third-order valence-corrected chi connectivity index (χ3v) is 13.5. The van der Waals surface area contributed by atoms with E-state index in [9.17, 15) is 0 Å². The maximum atomic E-state index is 6.04. The summed E-state index contributed by atoms with van der Waals surface area (Å²) in [5, 5.41) is 12.8. The van der Waals surface area contributed by atoms with E-state index in [0.29, 0.717) is 0 Å². The molecule has 0 aliphatic rings. The predicted molar refractivity (Wildman–Crippen MR) is 273 cm³/mol. The van der Waals surface area contributed by atoms with E-state index in [1.165, 1.54) is 54.2 Å². The van der Waals surface area contributed by atoms with Gasteiger partial charge in [-0.15, -0.1) is 0 Å². The summed E-state index contributed by atoms with van der Waals surface area (Å²) in [6.45, 7) is 0. The SMILES string of the molecule is c1ccc(-c2ccc3c(c2)c2cc4c5ccccc5c5cc(-c6cccc7ccoc67)ccc5c4cc2n3-c2cc(-c3cccc4cccnc34)nc(-c3cccc4cccnc34)c2)cc1. The number of para-hydroxylation sites is 3. The van der Waals surface area contributed by atoms with E-state index in [4.69, 9.17) is 19.4 Å². The number of nitrogens with zero attached hydrogens (tertiary/aromatic N) is 4. The summed E-state index contributed by atoms with van der Waals surface area (Å²) < 4.78 is 8.49. The van der Waals surface area contributed by atoms with Crippen LogP contribution in [0.3, 0.4) is 0 Å². The Morgan fingerprint density at radius 3 is 1.65 bits per heavy atom. The Labute approximate surface area is 378 Å². The Kier molecular flexibility index (Phi) is 7.91. The lowest BCUT2D eigenvalue weighted by molar-refractivity contribution is 0.617. The average Bonchev–Trinajstić information content (AvgIpc) is 4.00. The van der Waals surface area contributed by atoms with Gasteiger partial charge in [0.05, 0.1) is 45.4 Å². The molecule has 0 spiro atoms. The summed E-state index contributed by atoms with van der Waals surface area (Å²) in [6.07, 6.45) is 5.50. The van der Waals surface area contributed by atoms with Gasteiger partial charge < -0.3 is 8.98 Å². The van der Waals surface area contributed by atoms with E-state index >= 15 is 0 Å². The molecule has 0 radical (unpaired) electrons. The van der Waals surface area contributed by atoms with Gasteiger partial charge in [-0.1, -0.05) is 140 Å². The molecule has 0 aliphatic carbocycles. The zero-order valence-corrected chi connectivity index (χ0v) is 35.5. The predicted octanol–water partition coefficient (Wildman–Crippen LogP) is 16.1. The zero-order valence-electron chi connectivity index (χ0n) is 35.5. The molecular formula is C61H36N4O. The number of fused-ring (bicyclic) bond motifs is 12. The molecule has 0 atom stereocenters. The quantitative estimate of drug-likeness (QED) is 0.162. The molecule has 0 fully saturated rings. The van der Waals surface area contributed by atoms with Crippen LogP contribution in [0.1, 0.15) is 0 Å². The normalized spacial score (nSPS) is 11.9. The van der Waals surface area contributed by atoms with Crippen molar-refractivity contribution >= 4 is 86.9 Å².